The maximum atomic E-state index is 12.9. The Morgan fingerprint density at radius 3 is 2.42 bits per heavy atom. The third kappa shape index (κ3) is 3.81. The number of piperazine rings is 1. The number of likely N-dealkylation sites (N-methyl/N-ethyl adjacent to an activating group) is 1. The molecule has 24 heavy (non-hydrogen) atoms. The molecule has 2 aliphatic rings. The molecule has 4 nitrogen and oxygen atoms in total. The van der Waals surface area contributed by atoms with Crippen LogP contribution in [0.2, 0.25) is 0 Å². The number of rotatable bonds is 6. The van der Waals surface area contributed by atoms with Crippen molar-refractivity contribution < 1.29 is 4.79 Å². The smallest absolute Gasteiger partial charge is 0.230 e. The third-order valence-corrected chi connectivity index (χ3v) is 5.74. The fraction of sp³-hybridized carbons (Fsp3) is 0.650. The Hall–Kier alpha value is -1.39. The molecule has 132 valence electrons. The van der Waals surface area contributed by atoms with Crippen LogP contribution < -0.4 is 5.32 Å². The zero-order valence-electron chi connectivity index (χ0n) is 15.1. The number of nitrogens with one attached hydrogen (secondary N) is 1. The predicted molar refractivity (Wildman–Crippen MR) is 98.1 cm³/mol. The van der Waals surface area contributed by atoms with E-state index in [1.165, 1.54) is 5.56 Å². The van der Waals surface area contributed by atoms with Crippen LogP contribution in [0.3, 0.4) is 0 Å². The fourth-order valence-electron chi connectivity index (χ4n) is 3.91. The number of hydrogen-bond acceptors (Lipinski definition) is 3. The lowest BCUT2D eigenvalue weighted by Crippen LogP contribution is -2.51. The second-order valence-electron chi connectivity index (χ2n) is 7.72. The minimum Gasteiger partial charge on any atom is -0.355 e. The summed E-state index contributed by atoms with van der Waals surface area (Å²) in [7, 11) is 2.18. The Bertz CT molecular complexity index is 533. The van der Waals surface area contributed by atoms with Crippen molar-refractivity contribution in [1.82, 2.24) is 15.1 Å². The first-order chi connectivity index (χ1) is 11.6. The molecule has 1 amide bonds. The second-order valence-corrected chi connectivity index (χ2v) is 7.72. The van der Waals surface area contributed by atoms with Gasteiger partial charge >= 0.3 is 0 Å². The normalized spacial score (nSPS) is 22.6. The number of amides is 1. The van der Waals surface area contributed by atoms with Crippen LogP contribution in [0.5, 0.6) is 0 Å². The maximum Gasteiger partial charge on any atom is 0.230 e. The summed E-state index contributed by atoms with van der Waals surface area (Å²) in [6.07, 6.45) is 3.12. The number of carbonyl (C=O) groups excluding carboxylic acids is 1. The SMILES string of the molecule is CC(CNC(=O)C1(c2ccccc2)CCC1)CN1CCN(C)CC1. The Balaban J connectivity index is 1.49. The van der Waals surface area contributed by atoms with Gasteiger partial charge in [-0.05, 0) is 31.4 Å². The summed E-state index contributed by atoms with van der Waals surface area (Å²) in [5.41, 5.74) is 0.912. The van der Waals surface area contributed by atoms with Crippen molar-refractivity contribution >= 4 is 5.91 Å². The zero-order chi connectivity index (χ0) is 17.0. The van der Waals surface area contributed by atoms with E-state index in [9.17, 15) is 4.79 Å². The largest absolute Gasteiger partial charge is 0.355 e. The Kier molecular flexibility index (Phi) is 5.57. The zero-order valence-corrected chi connectivity index (χ0v) is 15.1. The van der Waals surface area contributed by atoms with Gasteiger partial charge in [0.05, 0.1) is 5.41 Å². The quantitative estimate of drug-likeness (QED) is 0.868. The number of benzene rings is 1. The molecule has 0 bridgehead atoms. The molecule has 1 unspecified atom stereocenters. The van der Waals surface area contributed by atoms with E-state index in [1.807, 2.05) is 18.2 Å². The average Bonchev–Trinajstić information content (AvgIpc) is 2.55. The average molecular weight is 329 g/mol. The van der Waals surface area contributed by atoms with Crippen molar-refractivity contribution in [2.24, 2.45) is 5.92 Å². The summed E-state index contributed by atoms with van der Waals surface area (Å²) in [6, 6.07) is 10.3. The summed E-state index contributed by atoms with van der Waals surface area (Å²) in [6.45, 7) is 8.68. The van der Waals surface area contributed by atoms with Crippen molar-refractivity contribution in [3.05, 3.63) is 35.9 Å². The van der Waals surface area contributed by atoms with Crippen molar-refractivity contribution in [2.75, 3.05) is 46.3 Å². The van der Waals surface area contributed by atoms with E-state index >= 15 is 0 Å². The van der Waals surface area contributed by atoms with Crippen LogP contribution in [-0.2, 0) is 10.2 Å². The minimum atomic E-state index is -0.269. The molecule has 3 rings (SSSR count). The topological polar surface area (TPSA) is 35.6 Å². The number of hydrogen-bond donors (Lipinski definition) is 1. The van der Waals surface area contributed by atoms with Crippen molar-refractivity contribution in [2.45, 2.75) is 31.6 Å². The van der Waals surface area contributed by atoms with Crippen LogP contribution in [0.15, 0.2) is 30.3 Å². The molecule has 1 heterocycles. The molecule has 1 saturated heterocycles. The van der Waals surface area contributed by atoms with Gasteiger partial charge in [0.1, 0.15) is 0 Å². The monoisotopic (exact) mass is 329 g/mol. The van der Waals surface area contributed by atoms with Gasteiger partial charge < -0.3 is 15.1 Å². The molecular weight excluding hydrogens is 298 g/mol. The van der Waals surface area contributed by atoms with Crippen molar-refractivity contribution in [3.8, 4) is 0 Å². The molecule has 0 spiro atoms. The summed E-state index contributed by atoms with van der Waals surface area (Å²) < 4.78 is 0. The molecule has 1 aliphatic carbocycles. The molecule has 4 heteroatoms. The fourth-order valence-corrected chi connectivity index (χ4v) is 3.91. The number of carbonyl (C=O) groups is 1. The number of nitrogens with zero attached hydrogens (tertiary/aromatic N) is 2. The lowest BCUT2D eigenvalue weighted by molar-refractivity contribution is -0.130. The lowest BCUT2D eigenvalue weighted by Gasteiger charge is -2.41. The van der Waals surface area contributed by atoms with E-state index in [0.717, 1.165) is 58.5 Å². The molecule has 1 aromatic rings. The summed E-state index contributed by atoms with van der Waals surface area (Å²) in [5.74, 6) is 0.718. The van der Waals surface area contributed by atoms with E-state index in [0.29, 0.717) is 5.92 Å². The van der Waals surface area contributed by atoms with Crippen LogP contribution in [0.4, 0.5) is 0 Å². The molecule has 0 radical (unpaired) electrons. The third-order valence-electron chi connectivity index (χ3n) is 5.74. The highest BCUT2D eigenvalue weighted by Crippen LogP contribution is 2.43. The molecule has 1 aromatic carbocycles. The molecule has 0 aromatic heterocycles. The van der Waals surface area contributed by atoms with Gasteiger partial charge in [0, 0.05) is 39.3 Å². The Morgan fingerprint density at radius 1 is 1.17 bits per heavy atom. The van der Waals surface area contributed by atoms with Gasteiger partial charge in [0.2, 0.25) is 5.91 Å². The molecule has 1 aliphatic heterocycles. The second kappa shape index (κ2) is 7.66. The van der Waals surface area contributed by atoms with Crippen LogP contribution in [0, 0.1) is 5.92 Å². The Labute approximate surface area is 146 Å². The van der Waals surface area contributed by atoms with Gasteiger partial charge in [0.25, 0.3) is 0 Å². The van der Waals surface area contributed by atoms with E-state index in [2.05, 4.69) is 41.2 Å². The van der Waals surface area contributed by atoms with E-state index in [-0.39, 0.29) is 11.3 Å². The van der Waals surface area contributed by atoms with Crippen LogP contribution >= 0.6 is 0 Å². The van der Waals surface area contributed by atoms with Gasteiger partial charge in [-0.1, -0.05) is 43.7 Å². The first-order valence-corrected chi connectivity index (χ1v) is 9.35. The van der Waals surface area contributed by atoms with Crippen LogP contribution in [0.1, 0.15) is 31.7 Å². The minimum absolute atomic E-state index is 0.227. The highest BCUT2D eigenvalue weighted by atomic mass is 16.2. The summed E-state index contributed by atoms with van der Waals surface area (Å²) in [4.78, 5) is 17.8. The van der Waals surface area contributed by atoms with Crippen LogP contribution in [-0.4, -0.2) is 62.0 Å². The molecule has 1 N–H and O–H groups in total. The standard InChI is InChI=1S/C20H31N3O/c1-17(16-23-13-11-22(2)12-14-23)15-21-19(24)20(9-6-10-20)18-7-4-3-5-8-18/h3-5,7-8,17H,6,9-16H2,1-2H3,(H,21,24). The van der Waals surface area contributed by atoms with E-state index < -0.39 is 0 Å². The summed E-state index contributed by atoms with van der Waals surface area (Å²) in [5, 5.41) is 3.25. The molecule has 1 atom stereocenters. The van der Waals surface area contributed by atoms with Gasteiger partial charge in [0.15, 0.2) is 0 Å². The molecule has 1 saturated carbocycles. The highest BCUT2D eigenvalue weighted by Gasteiger charge is 2.45. The van der Waals surface area contributed by atoms with Gasteiger partial charge in [-0.3, -0.25) is 4.79 Å². The van der Waals surface area contributed by atoms with E-state index in [1.54, 1.807) is 0 Å². The van der Waals surface area contributed by atoms with Gasteiger partial charge in [-0.2, -0.15) is 0 Å². The van der Waals surface area contributed by atoms with Gasteiger partial charge in [-0.25, -0.2) is 0 Å². The summed E-state index contributed by atoms with van der Waals surface area (Å²) >= 11 is 0. The lowest BCUT2D eigenvalue weighted by atomic mass is 9.64. The predicted octanol–water partition coefficient (Wildman–Crippen LogP) is 2.11. The molecular formula is C20H31N3O. The van der Waals surface area contributed by atoms with Crippen molar-refractivity contribution in [1.29, 1.82) is 0 Å². The molecule has 2 fully saturated rings. The van der Waals surface area contributed by atoms with E-state index in [4.69, 9.17) is 0 Å². The first-order valence-electron chi connectivity index (χ1n) is 9.35. The van der Waals surface area contributed by atoms with Gasteiger partial charge in [-0.15, -0.1) is 0 Å². The van der Waals surface area contributed by atoms with Crippen LogP contribution in [0.25, 0.3) is 0 Å². The Morgan fingerprint density at radius 2 is 1.83 bits per heavy atom. The maximum absolute atomic E-state index is 12.9. The van der Waals surface area contributed by atoms with Crippen molar-refractivity contribution in [3.63, 3.8) is 0 Å². The first kappa shape index (κ1) is 17.4. The highest BCUT2D eigenvalue weighted by molar-refractivity contribution is 5.89.